The second-order valence-corrected chi connectivity index (χ2v) is 21.1. The third-order valence-corrected chi connectivity index (χ3v) is 13.2. The van der Waals surface area contributed by atoms with Gasteiger partial charge in [-0.05, 0) is 19.3 Å². The molecule has 0 bridgehead atoms. The summed E-state index contributed by atoms with van der Waals surface area (Å²) >= 11 is 0. The lowest BCUT2D eigenvalue weighted by Crippen LogP contribution is -2.45. The maximum atomic E-state index is 12.9. The van der Waals surface area contributed by atoms with Crippen LogP contribution in [0.15, 0.2) is 12.2 Å². The van der Waals surface area contributed by atoms with Crippen LogP contribution in [-0.4, -0.2) is 73.4 Å². The number of rotatable bonds is 49. The lowest BCUT2D eigenvalue weighted by molar-refractivity contribution is -0.870. The first kappa shape index (κ1) is 60.2. The Balaban J connectivity index is 4.22. The van der Waals surface area contributed by atoms with Crippen LogP contribution in [0.2, 0.25) is 0 Å². The number of aliphatic hydroxyl groups excluding tert-OH is 1. The monoisotopic (exact) mass is 886 g/mol. The molecule has 0 saturated carbocycles. The number of allylic oxidation sites excluding steroid dienone is 1. The van der Waals surface area contributed by atoms with Gasteiger partial charge >= 0.3 is 7.82 Å². The van der Waals surface area contributed by atoms with Gasteiger partial charge in [0, 0.05) is 6.42 Å². The molecule has 1 amide bonds. The smallest absolute Gasteiger partial charge is 0.387 e. The molecule has 8 nitrogen and oxygen atoms in total. The van der Waals surface area contributed by atoms with Crippen molar-refractivity contribution in [2.75, 3.05) is 40.9 Å². The van der Waals surface area contributed by atoms with Crippen LogP contribution in [0, 0.1) is 0 Å². The van der Waals surface area contributed by atoms with E-state index in [0.29, 0.717) is 17.4 Å². The first-order valence-corrected chi connectivity index (χ1v) is 28.1. The molecule has 0 aliphatic carbocycles. The largest absolute Gasteiger partial charge is 0.472 e. The van der Waals surface area contributed by atoms with E-state index in [2.05, 4.69) is 19.2 Å². The van der Waals surface area contributed by atoms with Crippen LogP contribution < -0.4 is 5.32 Å². The average molecular weight is 886 g/mol. The van der Waals surface area contributed by atoms with Gasteiger partial charge in [-0.2, -0.15) is 0 Å². The predicted octanol–water partition coefficient (Wildman–Crippen LogP) is 15.5. The molecule has 61 heavy (non-hydrogen) atoms. The van der Waals surface area contributed by atoms with E-state index in [1.165, 1.54) is 212 Å². The SMILES string of the molecule is CCCCCCCCCCCCCCCCCCCCCCCC/C=C/C(O)C(COP(=O)(O)OCC[N+](C)(C)C)NC(=O)CCCCCCCCCCCCCCCCC. The number of hydrogen-bond acceptors (Lipinski definition) is 5. The fraction of sp³-hybridized carbons (Fsp3) is 0.942. The van der Waals surface area contributed by atoms with Crippen LogP contribution in [0.25, 0.3) is 0 Å². The number of amides is 1. The molecule has 0 aromatic carbocycles. The van der Waals surface area contributed by atoms with Crippen LogP contribution in [0.3, 0.4) is 0 Å². The summed E-state index contributed by atoms with van der Waals surface area (Å²) in [6, 6.07) is -0.841. The maximum Gasteiger partial charge on any atom is 0.472 e. The van der Waals surface area contributed by atoms with Crippen molar-refractivity contribution in [2.45, 2.75) is 276 Å². The van der Waals surface area contributed by atoms with Gasteiger partial charge in [-0.1, -0.05) is 251 Å². The van der Waals surface area contributed by atoms with E-state index < -0.39 is 20.0 Å². The number of phosphoric acid groups is 1. The summed E-state index contributed by atoms with van der Waals surface area (Å²) in [7, 11) is 1.59. The molecule has 0 spiro atoms. The molecule has 0 saturated heterocycles. The van der Waals surface area contributed by atoms with Gasteiger partial charge in [0.05, 0.1) is 39.9 Å². The van der Waals surface area contributed by atoms with Crippen LogP contribution in [0.4, 0.5) is 0 Å². The van der Waals surface area contributed by atoms with E-state index in [1.54, 1.807) is 6.08 Å². The first-order chi connectivity index (χ1) is 29.5. The molecule has 3 N–H and O–H groups in total. The molecule has 0 fully saturated rings. The molecular weight excluding hydrogens is 780 g/mol. The number of aliphatic hydroxyl groups is 1. The highest BCUT2D eigenvalue weighted by molar-refractivity contribution is 7.47. The number of carbonyl (C=O) groups excluding carboxylic acids is 1. The fourth-order valence-electron chi connectivity index (χ4n) is 8.04. The van der Waals surface area contributed by atoms with Gasteiger partial charge < -0.3 is 19.8 Å². The lowest BCUT2D eigenvalue weighted by Gasteiger charge is -2.25. The number of hydrogen-bond donors (Lipinski definition) is 3. The van der Waals surface area contributed by atoms with Gasteiger partial charge in [-0.15, -0.1) is 0 Å². The van der Waals surface area contributed by atoms with E-state index in [9.17, 15) is 19.4 Å². The van der Waals surface area contributed by atoms with Crippen molar-refractivity contribution in [3.8, 4) is 0 Å². The molecule has 0 aromatic heterocycles. The summed E-state index contributed by atoms with van der Waals surface area (Å²) in [6.45, 7) is 4.85. The molecule has 0 aliphatic rings. The third-order valence-electron chi connectivity index (χ3n) is 12.3. The lowest BCUT2D eigenvalue weighted by atomic mass is 10.0. The minimum atomic E-state index is -4.34. The zero-order valence-electron chi connectivity index (χ0n) is 41.4. The molecule has 0 radical (unpaired) electrons. The Morgan fingerprint density at radius 1 is 0.541 bits per heavy atom. The summed E-state index contributed by atoms with van der Waals surface area (Å²) in [6.07, 6.45) is 52.9. The molecule has 3 atom stereocenters. The fourth-order valence-corrected chi connectivity index (χ4v) is 8.78. The van der Waals surface area contributed by atoms with Crippen LogP contribution in [-0.2, 0) is 18.4 Å². The van der Waals surface area contributed by atoms with E-state index in [0.717, 1.165) is 32.1 Å². The number of quaternary nitrogens is 1. The molecule has 0 aromatic rings. The molecule has 0 aliphatic heterocycles. The van der Waals surface area contributed by atoms with E-state index in [4.69, 9.17) is 9.05 Å². The quantitative estimate of drug-likeness (QED) is 0.0243. The highest BCUT2D eigenvalue weighted by atomic mass is 31.2. The Bertz CT molecular complexity index is 1000. The normalized spacial score (nSPS) is 14.1. The standard InChI is InChI=1S/C52H105N2O6P/c1-6-8-10-12-14-16-18-20-22-23-24-25-26-27-28-29-30-32-33-35-37-39-41-43-45-51(55)50(49-60-61(57,58)59-48-47-54(3,4)5)53-52(56)46-44-42-40-38-36-34-31-21-19-17-15-13-11-9-7-2/h43,45,50-51,55H,6-42,44,46-49H2,1-5H3,(H-,53,56,57,58)/p+1/b45-43+. The van der Waals surface area contributed by atoms with Crippen LogP contribution in [0.1, 0.15) is 264 Å². The summed E-state index contributed by atoms with van der Waals surface area (Å²) in [4.78, 5) is 23.2. The van der Waals surface area contributed by atoms with E-state index >= 15 is 0 Å². The van der Waals surface area contributed by atoms with Gasteiger partial charge in [0.25, 0.3) is 0 Å². The van der Waals surface area contributed by atoms with Gasteiger partial charge in [0.2, 0.25) is 5.91 Å². The number of unbranched alkanes of at least 4 members (excludes halogenated alkanes) is 36. The van der Waals surface area contributed by atoms with Crippen LogP contribution >= 0.6 is 7.82 Å². The second-order valence-electron chi connectivity index (χ2n) is 19.6. The zero-order chi connectivity index (χ0) is 45.0. The first-order valence-electron chi connectivity index (χ1n) is 26.6. The Kier molecular flexibility index (Phi) is 43.9. The van der Waals surface area contributed by atoms with Crippen molar-refractivity contribution in [3.63, 3.8) is 0 Å². The number of carbonyl (C=O) groups is 1. The summed E-state index contributed by atoms with van der Waals surface area (Å²) in [5.41, 5.74) is 0. The van der Waals surface area contributed by atoms with Gasteiger partial charge in [0.15, 0.2) is 0 Å². The maximum absolute atomic E-state index is 12.9. The topological polar surface area (TPSA) is 105 Å². The Morgan fingerprint density at radius 2 is 0.869 bits per heavy atom. The second kappa shape index (κ2) is 44.4. The molecule has 0 rings (SSSR count). The van der Waals surface area contributed by atoms with Gasteiger partial charge in [-0.25, -0.2) is 4.57 Å². The molecular formula is C52H106N2O6P+. The van der Waals surface area contributed by atoms with Crippen molar-refractivity contribution in [2.24, 2.45) is 0 Å². The Labute approximate surface area is 380 Å². The number of likely N-dealkylation sites (N-methyl/N-ethyl adjacent to an activating group) is 1. The summed E-state index contributed by atoms with van der Waals surface area (Å²) in [5, 5.41) is 13.9. The third kappa shape index (κ3) is 47.0. The number of phosphoric ester groups is 1. The minimum absolute atomic E-state index is 0.0650. The Hall–Kier alpha value is -0.760. The van der Waals surface area contributed by atoms with Crippen molar-refractivity contribution < 1.29 is 32.9 Å². The van der Waals surface area contributed by atoms with Gasteiger partial charge in [-0.3, -0.25) is 13.8 Å². The van der Waals surface area contributed by atoms with Crippen molar-refractivity contribution in [1.29, 1.82) is 0 Å². The van der Waals surface area contributed by atoms with Gasteiger partial charge in [0.1, 0.15) is 13.2 Å². The molecule has 364 valence electrons. The minimum Gasteiger partial charge on any atom is -0.387 e. The predicted molar refractivity (Wildman–Crippen MR) is 263 cm³/mol. The summed E-state index contributed by atoms with van der Waals surface area (Å²) in [5.74, 6) is -0.172. The van der Waals surface area contributed by atoms with Crippen LogP contribution in [0.5, 0.6) is 0 Å². The highest BCUT2D eigenvalue weighted by Gasteiger charge is 2.27. The highest BCUT2D eigenvalue weighted by Crippen LogP contribution is 2.43. The molecule has 3 unspecified atom stereocenters. The molecule has 0 heterocycles. The molecule has 9 heteroatoms. The van der Waals surface area contributed by atoms with Crippen molar-refractivity contribution in [3.05, 3.63) is 12.2 Å². The van der Waals surface area contributed by atoms with Crippen molar-refractivity contribution in [1.82, 2.24) is 5.32 Å². The Morgan fingerprint density at radius 3 is 1.21 bits per heavy atom. The summed E-state index contributed by atoms with van der Waals surface area (Å²) < 4.78 is 23.7. The van der Waals surface area contributed by atoms with Crippen molar-refractivity contribution >= 4 is 13.7 Å². The number of nitrogens with zero attached hydrogens (tertiary/aromatic N) is 1. The average Bonchev–Trinajstić information content (AvgIpc) is 3.21. The zero-order valence-corrected chi connectivity index (χ0v) is 42.3. The number of nitrogens with one attached hydrogen (secondary N) is 1. The van der Waals surface area contributed by atoms with E-state index in [-0.39, 0.29) is 19.1 Å². The van der Waals surface area contributed by atoms with E-state index in [1.807, 2.05) is 27.2 Å².